The number of nitrogens with one attached hydrogen (secondary N) is 1. The van der Waals surface area contributed by atoms with Crippen LogP contribution in [0.5, 0.6) is 0 Å². The highest BCUT2D eigenvalue weighted by Gasteiger charge is 2.13. The SMILES string of the molecule is C=C/C=C(\C=C)C(=S)N1CCNCC1. The molecule has 0 spiro atoms. The third kappa shape index (κ3) is 2.79. The number of piperazine rings is 1. The van der Waals surface area contributed by atoms with Crippen molar-refractivity contribution in [2.45, 2.75) is 0 Å². The molecule has 0 aromatic heterocycles. The van der Waals surface area contributed by atoms with E-state index < -0.39 is 0 Å². The maximum absolute atomic E-state index is 5.37. The van der Waals surface area contributed by atoms with E-state index in [0.717, 1.165) is 36.7 Å². The molecule has 0 atom stereocenters. The summed E-state index contributed by atoms with van der Waals surface area (Å²) in [6.45, 7) is 11.4. The first-order chi connectivity index (χ1) is 6.79. The second-order valence-electron chi connectivity index (χ2n) is 3.10. The number of nitrogens with zero attached hydrogens (tertiary/aromatic N) is 1. The molecule has 0 radical (unpaired) electrons. The minimum atomic E-state index is 0.876. The number of allylic oxidation sites excluding steroid dienone is 2. The fourth-order valence-electron chi connectivity index (χ4n) is 1.40. The van der Waals surface area contributed by atoms with Crippen LogP contribution < -0.4 is 5.32 Å². The molecule has 0 aromatic carbocycles. The van der Waals surface area contributed by atoms with Crippen LogP contribution in [0, 0.1) is 0 Å². The van der Waals surface area contributed by atoms with Gasteiger partial charge in [0, 0.05) is 31.8 Å². The normalized spacial score (nSPS) is 17.7. The first-order valence-electron chi connectivity index (χ1n) is 4.74. The molecule has 1 aliphatic rings. The Balaban J connectivity index is 2.65. The van der Waals surface area contributed by atoms with Gasteiger partial charge in [0.25, 0.3) is 0 Å². The Bertz CT molecular complexity index is 262. The molecule has 0 aliphatic carbocycles. The lowest BCUT2D eigenvalue weighted by molar-refractivity contribution is 0.363. The highest BCUT2D eigenvalue weighted by Crippen LogP contribution is 2.07. The average molecular weight is 208 g/mol. The van der Waals surface area contributed by atoms with Gasteiger partial charge in [-0.05, 0) is 0 Å². The quantitative estimate of drug-likeness (QED) is 0.430. The van der Waals surface area contributed by atoms with Gasteiger partial charge in [-0.1, -0.05) is 43.6 Å². The van der Waals surface area contributed by atoms with Crippen molar-refractivity contribution in [3.63, 3.8) is 0 Å². The Morgan fingerprint density at radius 1 is 1.29 bits per heavy atom. The van der Waals surface area contributed by atoms with Crippen molar-refractivity contribution in [2.75, 3.05) is 26.2 Å². The Labute approximate surface area is 91.0 Å². The third-order valence-corrected chi connectivity index (χ3v) is 2.66. The molecule has 0 aromatic rings. The summed E-state index contributed by atoms with van der Waals surface area (Å²) < 4.78 is 0. The highest BCUT2D eigenvalue weighted by molar-refractivity contribution is 7.80. The molecular formula is C11H16N2S. The molecule has 1 N–H and O–H groups in total. The highest BCUT2D eigenvalue weighted by atomic mass is 32.1. The monoisotopic (exact) mass is 208 g/mol. The second-order valence-corrected chi connectivity index (χ2v) is 3.49. The molecule has 1 rings (SSSR count). The van der Waals surface area contributed by atoms with Gasteiger partial charge in [-0.3, -0.25) is 0 Å². The van der Waals surface area contributed by atoms with E-state index in [1.807, 2.05) is 6.08 Å². The minimum Gasteiger partial charge on any atom is -0.360 e. The molecule has 3 heteroatoms. The van der Waals surface area contributed by atoms with E-state index in [0.29, 0.717) is 0 Å². The van der Waals surface area contributed by atoms with Gasteiger partial charge in [-0.15, -0.1) is 0 Å². The van der Waals surface area contributed by atoms with E-state index in [9.17, 15) is 0 Å². The molecule has 1 fully saturated rings. The van der Waals surface area contributed by atoms with Crippen LogP contribution in [0.25, 0.3) is 0 Å². The summed E-state index contributed by atoms with van der Waals surface area (Å²) in [6.07, 6.45) is 5.43. The van der Waals surface area contributed by atoms with Crippen LogP contribution in [0.4, 0.5) is 0 Å². The van der Waals surface area contributed by atoms with Crippen molar-refractivity contribution in [3.05, 3.63) is 37.0 Å². The van der Waals surface area contributed by atoms with Crippen LogP contribution in [0.2, 0.25) is 0 Å². The molecule has 2 nitrogen and oxygen atoms in total. The maximum Gasteiger partial charge on any atom is 0.109 e. The number of thiocarbonyl (C=S) groups is 1. The Morgan fingerprint density at radius 3 is 2.43 bits per heavy atom. The van der Waals surface area contributed by atoms with Gasteiger partial charge in [0.1, 0.15) is 4.99 Å². The van der Waals surface area contributed by atoms with Gasteiger partial charge < -0.3 is 10.2 Å². The summed E-state index contributed by atoms with van der Waals surface area (Å²) in [4.78, 5) is 3.07. The molecule has 14 heavy (non-hydrogen) atoms. The zero-order valence-corrected chi connectivity index (χ0v) is 9.15. The topological polar surface area (TPSA) is 15.3 Å². The summed E-state index contributed by atoms with van der Waals surface area (Å²) in [5, 5.41) is 3.29. The number of hydrogen-bond donors (Lipinski definition) is 1. The van der Waals surface area contributed by atoms with Gasteiger partial charge in [-0.25, -0.2) is 0 Å². The van der Waals surface area contributed by atoms with Crippen LogP contribution in [0.3, 0.4) is 0 Å². The van der Waals surface area contributed by atoms with Gasteiger partial charge in [0.2, 0.25) is 0 Å². The molecular weight excluding hydrogens is 192 g/mol. The van der Waals surface area contributed by atoms with Gasteiger partial charge in [0.15, 0.2) is 0 Å². The largest absolute Gasteiger partial charge is 0.360 e. The van der Waals surface area contributed by atoms with Crippen LogP contribution in [-0.2, 0) is 0 Å². The van der Waals surface area contributed by atoms with Gasteiger partial charge >= 0.3 is 0 Å². The van der Waals surface area contributed by atoms with Crippen molar-refractivity contribution in [1.29, 1.82) is 0 Å². The lowest BCUT2D eigenvalue weighted by Crippen LogP contribution is -2.46. The molecule has 0 saturated carbocycles. The molecule has 1 saturated heterocycles. The van der Waals surface area contributed by atoms with Crippen molar-refractivity contribution in [3.8, 4) is 0 Å². The van der Waals surface area contributed by atoms with Gasteiger partial charge in [-0.2, -0.15) is 0 Å². The Hall–Kier alpha value is -0.930. The molecule has 76 valence electrons. The van der Waals surface area contributed by atoms with E-state index in [-0.39, 0.29) is 0 Å². The molecule has 1 aliphatic heterocycles. The zero-order chi connectivity index (χ0) is 10.4. The third-order valence-electron chi connectivity index (χ3n) is 2.17. The standard InChI is InChI=1S/C11H16N2S/c1-3-5-10(4-2)11(14)13-8-6-12-7-9-13/h3-5,12H,1-2,6-9H2/b10-5+. The molecule has 1 heterocycles. The number of rotatable bonds is 3. The lowest BCUT2D eigenvalue weighted by atomic mass is 10.2. The summed E-state index contributed by atoms with van der Waals surface area (Å²) in [7, 11) is 0. The van der Waals surface area contributed by atoms with E-state index in [2.05, 4.69) is 23.4 Å². The van der Waals surface area contributed by atoms with Crippen LogP contribution in [-0.4, -0.2) is 36.1 Å². The predicted octanol–water partition coefficient (Wildman–Crippen LogP) is 1.52. The zero-order valence-electron chi connectivity index (χ0n) is 8.33. The van der Waals surface area contributed by atoms with E-state index in [1.54, 1.807) is 12.2 Å². The summed E-state index contributed by atoms with van der Waals surface area (Å²) >= 11 is 5.37. The van der Waals surface area contributed by atoms with Crippen LogP contribution >= 0.6 is 12.2 Å². The van der Waals surface area contributed by atoms with Crippen molar-refractivity contribution in [1.82, 2.24) is 10.2 Å². The van der Waals surface area contributed by atoms with Crippen molar-refractivity contribution < 1.29 is 0 Å². The summed E-state index contributed by atoms with van der Waals surface area (Å²) in [6, 6.07) is 0. The van der Waals surface area contributed by atoms with Crippen molar-refractivity contribution in [2.24, 2.45) is 0 Å². The Morgan fingerprint density at radius 2 is 1.93 bits per heavy atom. The lowest BCUT2D eigenvalue weighted by Gasteiger charge is -2.30. The maximum atomic E-state index is 5.37. The van der Waals surface area contributed by atoms with Crippen LogP contribution in [0.15, 0.2) is 37.0 Å². The van der Waals surface area contributed by atoms with E-state index in [4.69, 9.17) is 12.2 Å². The smallest absolute Gasteiger partial charge is 0.109 e. The fraction of sp³-hybridized carbons (Fsp3) is 0.364. The minimum absolute atomic E-state index is 0.876. The molecule has 0 unspecified atom stereocenters. The first-order valence-corrected chi connectivity index (χ1v) is 5.15. The first kappa shape index (κ1) is 11.1. The molecule has 0 bridgehead atoms. The molecule has 0 amide bonds. The van der Waals surface area contributed by atoms with Gasteiger partial charge in [0.05, 0.1) is 0 Å². The Kier molecular flexibility index (Phi) is 4.56. The van der Waals surface area contributed by atoms with Crippen LogP contribution in [0.1, 0.15) is 0 Å². The summed E-state index contributed by atoms with van der Waals surface area (Å²) in [5.41, 5.74) is 0.983. The van der Waals surface area contributed by atoms with E-state index >= 15 is 0 Å². The average Bonchev–Trinajstić information content (AvgIpc) is 2.26. The summed E-state index contributed by atoms with van der Waals surface area (Å²) in [5.74, 6) is 0. The fourth-order valence-corrected chi connectivity index (χ4v) is 1.74. The second kappa shape index (κ2) is 5.73. The van der Waals surface area contributed by atoms with E-state index in [1.165, 1.54) is 0 Å². The van der Waals surface area contributed by atoms with Crippen molar-refractivity contribution >= 4 is 17.2 Å². The predicted molar refractivity (Wildman–Crippen MR) is 65.5 cm³/mol. The number of hydrogen-bond acceptors (Lipinski definition) is 2.